The molecule has 0 atom stereocenters. The third-order valence-electron chi connectivity index (χ3n) is 10.8. The fraction of sp³-hybridized carbons (Fsp3) is 0. The average molecular weight is 747 g/mol. The van der Waals surface area contributed by atoms with Crippen molar-refractivity contribution < 1.29 is 19.1 Å². The van der Waals surface area contributed by atoms with E-state index in [1.807, 2.05) is 182 Å². The molecule has 10 aromatic rings. The van der Waals surface area contributed by atoms with E-state index < -0.39 is 11.9 Å². The third-order valence-corrected chi connectivity index (χ3v) is 10.8. The fourth-order valence-electron chi connectivity index (χ4n) is 7.96. The fourth-order valence-corrected chi connectivity index (χ4v) is 7.96. The van der Waals surface area contributed by atoms with Gasteiger partial charge in [0.1, 0.15) is 11.5 Å². The molecule has 0 N–H and O–H groups in total. The molecule has 10 rings (SSSR count). The molecule has 0 radical (unpaired) electrons. The molecule has 58 heavy (non-hydrogen) atoms. The maximum absolute atomic E-state index is 14.5. The van der Waals surface area contributed by atoms with E-state index in [1.54, 1.807) is 12.1 Å². The SMILES string of the molecule is O=C(Oc1c(-c2c(-c3ccccc3)cc3ccccc3c2OC(=O)c2ccc3ccccc3c2)c(-c2ccccc2)cc2ccccc12)c1ccc2ccccc2c1. The first-order chi connectivity index (χ1) is 28.6. The van der Waals surface area contributed by atoms with Crippen molar-refractivity contribution in [2.75, 3.05) is 0 Å². The number of hydrogen-bond acceptors (Lipinski definition) is 4. The van der Waals surface area contributed by atoms with Crippen LogP contribution >= 0.6 is 0 Å². The number of fused-ring (bicyclic) bond motifs is 4. The van der Waals surface area contributed by atoms with Crippen molar-refractivity contribution in [3.05, 3.63) is 217 Å². The second-order valence-corrected chi connectivity index (χ2v) is 14.3. The van der Waals surface area contributed by atoms with E-state index in [9.17, 15) is 9.59 Å². The van der Waals surface area contributed by atoms with Gasteiger partial charge in [-0.3, -0.25) is 0 Å². The molecule has 0 fully saturated rings. The molecule has 0 saturated carbocycles. The lowest BCUT2D eigenvalue weighted by Crippen LogP contribution is -2.12. The molecule has 0 spiro atoms. The van der Waals surface area contributed by atoms with Crippen molar-refractivity contribution in [2.45, 2.75) is 0 Å². The van der Waals surface area contributed by atoms with Crippen molar-refractivity contribution >= 4 is 55.0 Å². The Hall–Kier alpha value is -7.82. The molecule has 0 bridgehead atoms. The summed E-state index contributed by atoms with van der Waals surface area (Å²) in [6, 6.07) is 67.3. The predicted octanol–water partition coefficient (Wildman–Crippen LogP) is 13.7. The highest BCUT2D eigenvalue weighted by Gasteiger charge is 2.29. The van der Waals surface area contributed by atoms with Crippen LogP contribution in [0.4, 0.5) is 0 Å². The summed E-state index contributed by atoms with van der Waals surface area (Å²) >= 11 is 0. The molecule has 4 heteroatoms. The normalized spacial score (nSPS) is 11.2. The average Bonchev–Trinajstić information content (AvgIpc) is 3.29. The largest absolute Gasteiger partial charge is 0.422 e. The van der Waals surface area contributed by atoms with Crippen LogP contribution in [-0.4, -0.2) is 11.9 Å². The van der Waals surface area contributed by atoms with Gasteiger partial charge >= 0.3 is 11.9 Å². The highest BCUT2D eigenvalue weighted by Crippen LogP contribution is 2.53. The van der Waals surface area contributed by atoms with Crippen LogP contribution in [0.5, 0.6) is 11.5 Å². The summed E-state index contributed by atoms with van der Waals surface area (Å²) in [5, 5.41) is 7.19. The summed E-state index contributed by atoms with van der Waals surface area (Å²) in [5.74, 6) is -0.269. The van der Waals surface area contributed by atoms with Crippen molar-refractivity contribution in [1.82, 2.24) is 0 Å². The quantitative estimate of drug-likeness (QED) is 0.120. The maximum Gasteiger partial charge on any atom is 0.343 e. The number of rotatable bonds is 7. The van der Waals surface area contributed by atoms with Crippen LogP contribution in [0.1, 0.15) is 20.7 Å². The lowest BCUT2D eigenvalue weighted by molar-refractivity contribution is 0.0726. The second-order valence-electron chi connectivity index (χ2n) is 14.3. The topological polar surface area (TPSA) is 52.6 Å². The first-order valence-electron chi connectivity index (χ1n) is 19.2. The zero-order chi connectivity index (χ0) is 39.0. The molecular weight excluding hydrogens is 713 g/mol. The summed E-state index contributed by atoms with van der Waals surface area (Å²) < 4.78 is 13.5. The molecule has 0 heterocycles. The van der Waals surface area contributed by atoms with Gasteiger partial charge in [0.2, 0.25) is 0 Å². The van der Waals surface area contributed by atoms with Crippen LogP contribution in [-0.2, 0) is 0 Å². The van der Waals surface area contributed by atoms with Gasteiger partial charge in [-0.15, -0.1) is 0 Å². The van der Waals surface area contributed by atoms with Gasteiger partial charge < -0.3 is 9.47 Å². The minimum atomic E-state index is -0.501. The summed E-state index contributed by atoms with van der Waals surface area (Å²) in [5.41, 5.74) is 5.55. The van der Waals surface area contributed by atoms with Gasteiger partial charge in [-0.25, -0.2) is 9.59 Å². The minimum Gasteiger partial charge on any atom is -0.422 e. The first-order valence-corrected chi connectivity index (χ1v) is 19.2. The Bertz CT molecular complexity index is 2990. The minimum absolute atomic E-state index is 0.366. The molecule has 0 amide bonds. The molecule has 0 aromatic heterocycles. The molecule has 0 unspecified atom stereocenters. The van der Waals surface area contributed by atoms with Crippen molar-refractivity contribution in [2.24, 2.45) is 0 Å². The monoisotopic (exact) mass is 746 g/mol. The van der Waals surface area contributed by atoms with E-state index in [0.717, 1.165) is 65.3 Å². The van der Waals surface area contributed by atoms with E-state index in [1.165, 1.54) is 0 Å². The van der Waals surface area contributed by atoms with Gasteiger partial charge in [0.15, 0.2) is 0 Å². The highest BCUT2D eigenvalue weighted by atomic mass is 16.5. The molecule has 0 aliphatic carbocycles. The molecule has 0 aliphatic rings. The van der Waals surface area contributed by atoms with Crippen molar-refractivity contribution in [1.29, 1.82) is 0 Å². The summed E-state index contributed by atoms with van der Waals surface area (Å²) in [6.45, 7) is 0. The number of esters is 2. The van der Waals surface area contributed by atoms with E-state index in [-0.39, 0.29) is 0 Å². The molecule has 274 valence electrons. The smallest absolute Gasteiger partial charge is 0.343 e. The summed E-state index contributed by atoms with van der Waals surface area (Å²) in [6.07, 6.45) is 0. The third kappa shape index (κ3) is 6.33. The van der Waals surface area contributed by atoms with Crippen LogP contribution in [0.25, 0.3) is 76.5 Å². The van der Waals surface area contributed by atoms with Crippen molar-refractivity contribution in [3.8, 4) is 44.9 Å². The standard InChI is InChI=1S/C54H34O4/c55-53(43-29-27-35-15-7-9-21-39(35)31-43)57-51-45-25-13-11-23-41(45)33-47(37-17-3-1-4-18-37)49(51)50-48(38-19-5-2-6-20-38)34-42-24-12-14-26-46(42)52(50)58-54(56)44-30-28-36-16-8-10-22-40(36)32-44/h1-34H. The van der Waals surface area contributed by atoms with Gasteiger partial charge in [0.25, 0.3) is 0 Å². The number of carbonyl (C=O) groups is 2. The Morgan fingerprint density at radius 3 is 1.07 bits per heavy atom. The Labute approximate surface area is 335 Å². The van der Waals surface area contributed by atoms with Crippen molar-refractivity contribution in [3.63, 3.8) is 0 Å². The zero-order valence-corrected chi connectivity index (χ0v) is 31.3. The zero-order valence-electron chi connectivity index (χ0n) is 31.3. The van der Waals surface area contributed by atoms with Gasteiger partial charge in [-0.2, -0.15) is 0 Å². The Morgan fingerprint density at radius 2 is 0.655 bits per heavy atom. The molecule has 4 nitrogen and oxygen atoms in total. The lowest BCUT2D eigenvalue weighted by Gasteiger charge is -2.24. The van der Waals surface area contributed by atoms with E-state index in [4.69, 9.17) is 9.47 Å². The van der Waals surface area contributed by atoms with Gasteiger partial charge in [0.05, 0.1) is 11.1 Å². The molecular formula is C54H34O4. The number of carbonyl (C=O) groups excluding carboxylic acids is 2. The van der Waals surface area contributed by atoms with E-state index in [2.05, 4.69) is 12.1 Å². The van der Waals surface area contributed by atoms with Gasteiger partial charge in [-0.05, 0) is 91.0 Å². The first kappa shape index (κ1) is 34.7. The van der Waals surface area contributed by atoms with Crippen LogP contribution in [0.2, 0.25) is 0 Å². The van der Waals surface area contributed by atoms with Gasteiger partial charge in [0, 0.05) is 21.9 Å². The summed E-state index contributed by atoms with van der Waals surface area (Å²) in [4.78, 5) is 29.1. The molecule has 10 aromatic carbocycles. The van der Waals surface area contributed by atoms with Crippen LogP contribution < -0.4 is 9.47 Å². The van der Waals surface area contributed by atoms with Gasteiger partial charge in [-0.1, -0.05) is 170 Å². The Kier molecular flexibility index (Phi) is 8.77. The molecule has 0 aliphatic heterocycles. The Balaban J connectivity index is 1.29. The van der Waals surface area contributed by atoms with Crippen LogP contribution in [0.15, 0.2) is 206 Å². The highest BCUT2D eigenvalue weighted by molar-refractivity contribution is 6.13. The number of hydrogen-bond donors (Lipinski definition) is 0. The van der Waals surface area contributed by atoms with E-state index >= 15 is 0 Å². The number of ether oxygens (including phenoxy) is 2. The van der Waals surface area contributed by atoms with Crippen LogP contribution in [0.3, 0.4) is 0 Å². The predicted molar refractivity (Wildman–Crippen MR) is 236 cm³/mol. The second kappa shape index (κ2) is 14.7. The number of benzene rings is 10. The lowest BCUT2D eigenvalue weighted by atomic mass is 9.84. The Morgan fingerprint density at radius 1 is 0.310 bits per heavy atom. The van der Waals surface area contributed by atoms with Crippen LogP contribution in [0, 0.1) is 0 Å². The summed E-state index contributed by atoms with van der Waals surface area (Å²) in [7, 11) is 0. The van der Waals surface area contributed by atoms with E-state index in [0.29, 0.717) is 33.8 Å². The molecule has 0 saturated heterocycles. The maximum atomic E-state index is 14.5.